The summed E-state index contributed by atoms with van der Waals surface area (Å²) in [6.45, 7) is 0. The van der Waals surface area contributed by atoms with Crippen LogP contribution in [0, 0.1) is 4.91 Å². The van der Waals surface area contributed by atoms with Crippen LogP contribution in [-0.2, 0) is 6.42 Å². The summed E-state index contributed by atoms with van der Waals surface area (Å²) in [6.07, 6.45) is -0.480. The molecular weight excluding hydrogens is 491 g/mol. The highest BCUT2D eigenvalue weighted by molar-refractivity contribution is 6.36. The molecule has 172 valence electrons. The Kier molecular flexibility index (Phi) is 6.21. The number of anilines is 2. The first-order chi connectivity index (χ1) is 16.2. The number of carbonyl (C=O) groups is 2. The molecule has 4 N–H and O–H groups in total. The number of rotatable bonds is 6. The fourth-order valence-electron chi connectivity index (χ4n) is 2.92. The average Bonchev–Trinajstić information content (AvgIpc) is 3.16. The zero-order valence-corrected chi connectivity index (χ0v) is 18.3. The molecule has 34 heavy (non-hydrogen) atoms. The van der Waals surface area contributed by atoms with Crippen molar-refractivity contribution in [2.45, 2.75) is 6.42 Å². The fourth-order valence-corrected chi connectivity index (χ4v) is 3.35. The van der Waals surface area contributed by atoms with Crippen molar-refractivity contribution in [3.8, 4) is 0 Å². The van der Waals surface area contributed by atoms with Gasteiger partial charge in [0.2, 0.25) is 0 Å². The second kappa shape index (κ2) is 9.25. The third-order valence-electron chi connectivity index (χ3n) is 4.50. The molecule has 0 aliphatic rings. The number of amides is 2. The van der Waals surface area contributed by atoms with Gasteiger partial charge < -0.3 is 5.32 Å². The van der Waals surface area contributed by atoms with Gasteiger partial charge in [0.05, 0.1) is 11.3 Å². The van der Waals surface area contributed by atoms with E-state index in [9.17, 15) is 19.3 Å². The molecule has 2 aromatic carbocycles. The van der Waals surface area contributed by atoms with E-state index in [1.807, 2.05) is 0 Å². The van der Waals surface area contributed by atoms with Crippen LogP contribution in [0.25, 0.3) is 5.78 Å². The van der Waals surface area contributed by atoms with E-state index in [2.05, 4.69) is 30.9 Å². The number of nitrogens with one attached hydrogen (secondary N) is 3. The molecular formula is C19H13Cl2N8O5+. The molecule has 0 spiro atoms. The molecule has 2 aromatic heterocycles. The van der Waals surface area contributed by atoms with Gasteiger partial charge in [-0.15, -0.1) is 10.2 Å². The van der Waals surface area contributed by atoms with Gasteiger partial charge in [-0.05, 0) is 30.3 Å². The molecule has 0 radical (unpaired) electrons. The lowest BCUT2D eigenvalue weighted by Crippen LogP contribution is -2.25. The third-order valence-corrected chi connectivity index (χ3v) is 5.15. The van der Waals surface area contributed by atoms with E-state index in [0.29, 0.717) is 10.7 Å². The molecule has 4 rings (SSSR count). The fraction of sp³-hybridized carbons (Fsp3) is 0.0526. The number of carbonyl (C=O) groups excluding carboxylic acids is 2. The summed E-state index contributed by atoms with van der Waals surface area (Å²) in [4.78, 5) is 52.1. The van der Waals surface area contributed by atoms with Gasteiger partial charge in [0.25, 0.3) is 22.2 Å². The van der Waals surface area contributed by atoms with Gasteiger partial charge in [0.15, 0.2) is 5.78 Å². The number of urea groups is 1. The van der Waals surface area contributed by atoms with Crippen LogP contribution >= 0.6 is 23.2 Å². The Hall–Kier alpha value is -4.36. The number of aromatic amines is 1. The molecule has 0 atom stereocenters. The third kappa shape index (κ3) is 4.69. The Bertz CT molecular complexity index is 1500. The summed E-state index contributed by atoms with van der Waals surface area (Å²) in [7, 11) is 0. The minimum atomic E-state index is -0.748. The Morgan fingerprint density at radius 2 is 1.82 bits per heavy atom. The maximum atomic E-state index is 12.6. The Morgan fingerprint density at radius 1 is 1.09 bits per heavy atom. The number of H-pyrrole nitrogens is 1. The highest BCUT2D eigenvalue weighted by atomic mass is 35.5. The van der Waals surface area contributed by atoms with Crippen LogP contribution in [0.2, 0.25) is 10.0 Å². The van der Waals surface area contributed by atoms with Crippen molar-refractivity contribution in [1.29, 1.82) is 0 Å². The van der Waals surface area contributed by atoms with Crippen LogP contribution in [0.5, 0.6) is 0 Å². The summed E-state index contributed by atoms with van der Waals surface area (Å²) in [5.74, 6) is -0.848. The predicted molar refractivity (Wildman–Crippen MR) is 120 cm³/mol. The van der Waals surface area contributed by atoms with Crippen LogP contribution in [0.1, 0.15) is 16.1 Å². The van der Waals surface area contributed by atoms with Crippen molar-refractivity contribution in [1.82, 2.24) is 24.8 Å². The molecule has 0 unspecified atom stereocenters. The van der Waals surface area contributed by atoms with Crippen molar-refractivity contribution in [2.75, 3.05) is 10.6 Å². The molecule has 0 bridgehead atoms. The maximum Gasteiger partial charge on any atom is 0.335 e. The van der Waals surface area contributed by atoms with Crippen molar-refractivity contribution in [2.24, 2.45) is 0 Å². The lowest BCUT2D eigenvalue weighted by molar-refractivity contribution is -0.729. The van der Waals surface area contributed by atoms with E-state index in [1.165, 1.54) is 18.2 Å². The van der Waals surface area contributed by atoms with E-state index < -0.39 is 28.7 Å². The largest absolute Gasteiger partial charge is 0.335 e. The van der Waals surface area contributed by atoms with Crippen molar-refractivity contribution in [3.05, 3.63) is 79.0 Å². The second-order valence-electron chi connectivity index (χ2n) is 6.76. The molecule has 4 aromatic rings. The van der Waals surface area contributed by atoms with E-state index in [4.69, 9.17) is 28.4 Å². The smallest absolute Gasteiger partial charge is 0.308 e. The Balaban J connectivity index is 1.54. The van der Waals surface area contributed by atoms with Crippen LogP contribution in [0.3, 0.4) is 0 Å². The molecule has 2 amide bonds. The van der Waals surface area contributed by atoms with Crippen LogP contribution in [0.4, 0.5) is 22.1 Å². The number of ketones is 1. The quantitative estimate of drug-likeness (QED) is 0.229. The van der Waals surface area contributed by atoms with Crippen molar-refractivity contribution in [3.63, 3.8) is 0 Å². The SMILES string of the molecule is O=C(Nc1ccc(Cl)cc1)Nc1nnc2nc(CC(=O)c3cccc([N+](=O)O)c3Cl)c(=O)[nH]n12. The molecule has 13 nitrogen and oxygen atoms in total. The van der Waals surface area contributed by atoms with Gasteiger partial charge in [-0.1, -0.05) is 29.3 Å². The van der Waals surface area contributed by atoms with Gasteiger partial charge >= 0.3 is 11.7 Å². The summed E-state index contributed by atoms with van der Waals surface area (Å²) in [5, 5.41) is 24.2. The van der Waals surface area contributed by atoms with Gasteiger partial charge in [-0.2, -0.15) is 4.52 Å². The van der Waals surface area contributed by atoms with E-state index >= 15 is 0 Å². The van der Waals surface area contributed by atoms with Crippen LogP contribution in [0.15, 0.2) is 47.3 Å². The van der Waals surface area contributed by atoms with E-state index in [0.717, 1.165) is 4.52 Å². The van der Waals surface area contributed by atoms with E-state index in [1.54, 1.807) is 24.3 Å². The number of benzene rings is 2. The standard InChI is InChI=1S/C19H12Cl2N8O5/c20-9-4-6-10(7-5-9)22-19(32)24-18-26-25-17-23-12(16(31)27-28(17)18)8-14(30)11-2-1-3-13(15(11)21)29(33)34/h1-7H,8H2,(H3-,22,24,26,27,31,32,33,34)/p+1. The summed E-state index contributed by atoms with van der Waals surface area (Å²) in [6, 6.07) is 9.61. The van der Waals surface area contributed by atoms with Gasteiger partial charge in [-0.3, -0.25) is 20.0 Å². The average molecular weight is 504 g/mol. The number of halogens is 2. The summed E-state index contributed by atoms with van der Waals surface area (Å²) >= 11 is 11.8. The highest BCUT2D eigenvalue weighted by Crippen LogP contribution is 2.28. The van der Waals surface area contributed by atoms with Gasteiger partial charge in [0.1, 0.15) is 10.7 Å². The number of hydrogen-bond donors (Lipinski definition) is 4. The molecule has 0 aliphatic heterocycles. The first-order valence-corrected chi connectivity index (χ1v) is 10.1. The van der Waals surface area contributed by atoms with Crippen molar-refractivity contribution >= 4 is 58.1 Å². The number of hydrogen-bond acceptors (Lipinski definition) is 7. The Labute approximate surface area is 198 Å². The summed E-state index contributed by atoms with van der Waals surface area (Å²) in [5.41, 5.74) is -0.895. The molecule has 2 heterocycles. The van der Waals surface area contributed by atoms with Gasteiger partial charge in [0, 0.05) is 22.3 Å². The van der Waals surface area contributed by atoms with Crippen LogP contribution < -0.4 is 16.2 Å². The zero-order valence-electron chi connectivity index (χ0n) is 16.8. The highest BCUT2D eigenvalue weighted by Gasteiger charge is 2.24. The maximum absolute atomic E-state index is 12.6. The normalized spacial score (nSPS) is 10.8. The number of Topliss-reactive ketones (excluding diaryl/α,β-unsaturated/α-hetero) is 1. The molecule has 0 saturated carbocycles. The van der Waals surface area contributed by atoms with Crippen molar-refractivity contribution < 1.29 is 19.7 Å². The first-order valence-electron chi connectivity index (χ1n) is 9.38. The minimum absolute atomic E-state index is 0.0853. The van der Waals surface area contributed by atoms with Gasteiger partial charge in [-0.25, -0.2) is 15.0 Å². The molecule has 0 fully saturated rings. The minimum Gasteiger partial charge on any atom is -0.308 e. The molecule has 0 aliphatic carbocycles. The Morgan fingerprint density at radius 3 is 2.53 bits per heavy atom. The number of aromatic nitrogens is 5. The second-order valence-corrected chi connectivity index (χ2v) is 7.57. The predicted octanol–water partition coefficient (Wildman–Crippen LogP) is 2.99. The number of nitrogens with zero attached hydrogens (tertiary/aromatic N) is 5. The lowest BCUT2D eigenvalue weighted by atomic mass is 10.1. The van der Waals surface area contributed by atoms with E-state index in [-0.39, 0.29) is 33.7 Å². The summed E-state index contributed by atoms with van der Waals surface area (Å²) < 4.78 is 1.03. The lowest BCUT2D eigenvalue weighted by Gasteiger charge is -2.06. The topological polar surface area (TPSA) is 174 Å². The zero-order chi connectivity index (χ0) is 24.4. The van der Waals surface area contributed by atoms with Crippen LogP contribution in [-0.4, -0.2) is 46.7 Å². The molecule has 0 saturated heterocycles. The monoisotopic (exact) mass is 503 g/mol. The first kappa shape index (κ1) is 22.8. The number of fused-ring (bicyclic) bond motifs is 1. The molecule has 15 heteroatoms.